The van der Waals surface area contributed by atoms with Gasteiger partial charge in [0.1, 0.15) is 12.4 Å². The van der Waals surface area contributed by atoms with Crippen LogP contribution in [0.5, 0.6) is 5.75 Å². The summed E-state index contributed by atoms with van der Waals surface area (Å²) in [4.78, 5) is 12.3. The van der Waals surface area contributed by atoms with Crippen molar-refractivity contribution in [2.24, 2.45) is 0 Å². The van der Waals surface area contributed by atoms with Crippen molar-refractivity contribution < 1.29 is 22.7 Å². The van der Waals surface area contributed by atoms with Crippen molar-refractivity contribution in [3.8, 4) is 17.0 Å². The van der Waals surface area contributed by atoms with E-state index >= 15 is 0 Å². The van der Waals surface area contributed by atoms with Crippen molar-refractivity contribution in [2.75, 3.05) is 13.2 Å². The first-order valence-electron chi connectivity index (χ1n) is 8.12. The summed E-state index contributed by atoms with van der Waals surface area (Å²) >= 11 is 0. The molecule has 0 saturated heterocycles. The fourth-order valence-electron chi connectivity index (χ4n) is 2.47. The highest BCUT2D eigenvalue weighted by Crippen LogP contribution is 2.31. The standard InChI is InChI=1S/C19H16F3N3O2/c20-19(21,22)14-7-4-8-15(11-14)27-10-9-23-18(26)16-12-24-25-17(16)13-5-2-1-3-6-13/h1-8,11-12H,9-10H2,(H,23,26)(H,24,25). The number of carbonyl (C=O) groups is 1. The predicted molar refractivity (Wildman–Crippen MR) is 93.3 cm³/mol. The van der Waals surface area contributed by atoms with Crippen LogP contribution in [0.15, 0.2) is 60.8 Å². The van der Waals surface area contributed by atoms with Crippen LogP contribution in [0.3, 0.4) is 0 Å². The molecule has 0 aliphatic heterocycles. The predicted octanol–water partition coefficient (Wildman–Crippen LogP) is 3.90. The molecule has 0 aliphatic rings. The fraction of sp³-hybridized carbons (Fsp3) is 0.158. The molecule has 0 radical (unpaired) electrons. The third kappa shape index (κ3) is 4.66. The van der Waals surface area contributed by atoms with Crippen molar-refractivity contribution >= 4 is 5.91 Å². The molecule has 0 unspecified atom stereocenters. The van der Waals surface area contributed by atoms with Crippen LogP contribution >= 0.6 is 0 Å². The van der Waals surface area contributed by atoms with Crippen LogP contribution < -0.4 is 10.1 Å². The maximum Gasteiger partial charge on any atom is 0.416 e. The van der Waals surface area contributed by atoms with Gasteiger partial charge in [-0.05, 0) is 18.2 Å². The Hall–Kier alpha value is -3.29. The van der Waals surface area contributed by atoms with Gasteiger partial charge in [-0.2, -0.15) is 18.3 Å². The number of alkyl halides is 3. The number of carbonyl (C=O) groups excluding carboxylic acids is 1. The van der Waals surface area contributed by atoms with Crippen LogP contribution in [0.2, 0.25) is 0 Å². The van der Waals surface area contributed by atoms with E-state index in [2.05, 4.69) is 15.5 Å². The number of H-pyrrole nitrogens is 1. The van der Waals surface area contributed by atoms with Gasteiger partial charge >= 0.3 is 6.18 Å². The van der Waals surface area contributed by atoms with E-state index in [0.29, 0.717) is 11.3 Å². The highest BCUT2D eigenvalue weighted by Gasteiger charge is 2.30. The van der Waals surface area contributed by atoms with Crippen molar-refractivity contribution in [2.45, 2.75) is 6.18 Å². The van der Waals surface area contributed by atoms with E-state index in [9.17, 15) is 18.0 Å². The Labute approximate surface area is 153 Å². The van der Waals surface area contributed by atoms with Gasteiger partial charge in [0, 0.05) is 5.56 Å². The SMILES string of the molecule is O=C(NCCOc1cccc(C(F)(F)F)c1)c1cn[nH]c1-c1ccccc1. The maximum absolute atomic E-state index is 12.7. The van der Waals surface area contributed by atoms with Gasteiger partial charge in [0.15, 0.2) is 0 Å². The van der Waals surface area contributed by atoms with E-state index in [0.717, 1.165) is 17.7 Å². The summed E-state index contributed by atoms with van der Waals surface area (Å²) in [5.41, 5.74) is 1.00. The number of ether oxygens (including phenoxy) is 1. The highest BCUT2D eigenvalue weighted by atomic mass is 19.4. The third-order valence-corrected chi connectivity index (χ3v) is 3.76. The Bertz CT molecular complexity index is 908. The molecule has 2 N–H and O–H groups in total. The van der Waals surface area contributed by atoms with Gasteiger partial charge in [0.25, 0.3) is 5.91 Å². The molecule has 0 atom stereocenters. The number of hydrogen-bond acceptors (Lipinski definition) is 3. The molecule has 1 amide bonds. The molecule has 2 aromatic carbocycles. The number of rotatable bonds is 6. The van der Waals surface area contributed by atoms with Gasteiger partial charge in [-0.25, -0.2) is 0 Å². The van der Waals surface area contributed by atoms with E-state index in [-0.39, 0.29) is 24.8 Å². The number of amides is 1. The van der Waals surface area contributed by atoms with Crippen molar-refractivity contribution in [3.63, 3.8) is 0 Å². The minimum atomic E-state index is -4.43. The average molecular weight is 375 g/mol. The maximum atomic E-state index is 12.7. The number of nitrogens with one attached hydrogen (secondary N) is 2. The molecule has 0 fully saturated rings. The Balaban J connectivity index is 1.55. The summed E-state index contributed by atoms with van der Waals surface area (Å²) in [6.45, 7) is 0.167. The first kappa shape index (κ1) is 18.5. The van der Waals surface area contributed by atoms with Crippen molar-refractivity contribution in [3.05, 3.63) is 71.9 Å². The van der Waals surface area contributed by atoms with Crippen LogP contribution in [-0.2, 0) is 6.18 Å². The van der Waals surface area contributed by atoms with Crippen LogP contribution in [0, 0.1) is 0 Å². The molecular formula is C19H16F3N3O2. The molecule has 0 spiro atoms. The van der Waals surface area contributed by atoms with E-state index in [1.807, 2.05) is 30.3 Å². The molecule has 8 heteroatoms. The third-order valence-electron chi connectivity index (χ3n) is 3.76. The van der Waals surface area contributed by atoms with Crippen molar-refractivity contribution in [1.82, 2.24) is 15.5 Å². The molecule has 3 aromatic rings. The Kier molecular flexibility index (Phi) is 5.44. The first-order valence-corrected chi connectivity index (χ1v) is 8.12. The zero-order chi connectivity index (χ0) is 19.3. The quantitative estimate of drug-likeness (QED) is 0.642. The number of nitrogens with zero attached hydrogens (tertiary/aromatic N) is 1. The Morgan fingerprint density at radius 2 is 1.89 bits per heavy atom. The molecule has 1 heterocycles. The van der Waals surface area contributed by atoms with E-state index in [1.165, 1.54) is 18.3 Å². The number of hydrogen-bond donors (Lipinski definition) is 2. The lowest BCUT2D eigenvalue weighted by atomic mass is 10.1. The molecule has 140 valence electrons. The Morgan fingerprint density at radius 3 is 2.63 bits per heavy atom. The lowest BCUT2D eigenvalue weighted by molar-refractivity contribution is -0.137. The first-order chi connectivity index (χ1) is 12.9. The number of halogens is 3. The van der Waals surface area contributed by atoms with Crippen LogP contribution in [-0.4, -0.2) is 29.3 Å². The molecule has 0 saturated carbocycles. The topological polar surface area (TPSA) is 67.0 Å². The summed E-state index contributed by atoms with van der Waals surface area (Å²) in [7, 11) is 0. The zero-order valence-corrected chi connectivity index (χ0v) is 14.1. The largest absolute Gasteiger partial charge is 0.492 e. The van der Waals surface area contributed by atoms with E-state index in [4.69, 9.17) is 4.74 Å². The van der Waals surface area contributed by atoms with Gasteiger partial charge in [-0.3, -0.25) is 9.89 Å². The van der Waals surface area contributed by atoms with Crippen LogP contribution in [0.4, 0.5) is 13.2 Å². The summed E-state index contributed by atoms with van der Waals surface area (Å²) in [6, 6.07) is 13.9. The van der Waals surface area contributed by atoms with Gasteiger partial charge < -0.3 is 10.1 Å². The van der Waals surface area contributed by atoms with Gasteiger partial charge in [0.2, 0.25) is 0 Å². The molecule has 3 rings (SSSR count). The van der Waals surface area contributed by atoms with Crippen LogP contribution in [0.1, 0.15) is 15.9 Å². The molecule has 0 bridgehead atoms. The monoisotopic (exact) mass is 375 g/mol. The Morgan fingerprint density at radius 1 is 1.11 bits per heavy atom. The summed E-state index contributed by atoms with van der Waals surface area (Å²) in [5.74, 6) is -0.261. The second-order valence-electron chi connectivity index (χ2n) is 5.65. The van der Waals surface area contributed by atoms with Gasteiger partial charge in [-0.1, -0.05) is 36.4 Å². The van der Waals surface area contributed by atoms with E-state index in [1.54, 1.807) is 0 Å². The molecule has 0 aliphatic carbocycles. The number of benzene rings is 2. The number of aromatic amines is 1. The minimum Gasteiger partial charge on any atom is -0.492 e. The molecule has 27 heavy (non-hydrogen) atoms. The summed E-state index contributed by atoms with van der Waals surface area (Å²) in [6.07, 6.45) is -3.01. The zero-order valence-electron chi connectivity index (χ0n) is 14.1. The second kappa shape index (κ2) is 7.94. The lowest BCUT2D eigenvalue weighted by Crippen LogP contribution is -2.28. The molecule has 5 nitrogen and oxygen atoms in total. The summed E-state index contributed by atoms with van der Waals surface area (Å²) in [5, 5.41) is 9.36. The minimum absolute atomic E-state index is 0.0333. The normalized spacial score (nSPS) is 11.2. The fourth-order valence-corrected chi connectivity index (χ4v) is 2.47. The molecule has 1 aromatic heterocycles. The van der Waals surface area contributed by atoms with Gasteiger partial charge in [-0.15, -0.1) is 0 Å². The van der Waals surface area contributed by atoms with Crippen LogP contribution in [0.25, 0.3) is 11.3 Å². The number of aromatic nitrogens is 2. The highest BCUT2D eigenvalue weighted by molar-refractivity contribution is 5.99. The van der Waals surface area contributed by atoms with Crippen molar-refractivity contribution in [1.29, 1.82) is 0 Å². The average Bonchev–Trinajstić information content (AvgIpc) is 3.15. The second-order valence-corrected chi connectivity index (χ2v) is 5.65. The molecular weight excluding hydrogens is 359 g/mol. The summed E-state index contributed by atoms with van der Waals surface area (Å²) < 4.78 is 43.3. The van der Waals surface area contributed by atoms with Gasteiger partial charge in [0.05, 0.1) is 29.6 Å². The lowest BCUT2D eigenvalue weighted by Gasteiger charge is -2.11. The van der Waals surface area contributed by atoms with E-state index < -0.39 is 11.7 Å². The smallest absolute Gasteiger partial charge is 0.416 e.